The van der Waals surface area contributed by atoms with Crippen LogP contribution in [0, 0.1) is 17.3 Å². The quantitative estimate of drug-likeness (QED) is 0.734. The van der Waals surface area contributed by atoms with Gasteiger partial charge in [-0.3, -0.25) is 9.59 Å². The monoisotopic (exact) mass is 469 g/mol. The molecule has 1 aliphatic carbocycles. The Bertz CT molecular complexity index is 945. The van der Waals surface area contributed by atoms with E-state index >= 15 is 0 Å². The van der Waals surface area contributed by atoms with Crippen LogP contribution in [0.15, 0.2) is 16.9 Å². The first-order valence-corrected chi connectivity index (χ1v) is 12.0. The van der Waals surface area contributed by atoms with Crippen molar-refractivity contribution >= 4 is 5.91 Å². The Hall–Kier alpha value is -1.87. The summed E-state index contributed by atoms with van der Waals surface area (Å²) in [6, 6.07) is 2.25. The maximum atomic E-state index is 13.8. The number of nitrogens with zero attached hydrogens (tertiary/aromatic N) is 2. The molecule has 4 atom stereocenters. The second-order valence-corrected chi connectivity index (χ2v) is 10.3. The number of aromatic nitrogens is 1. The number of rotatable bonds is 4. The zero-order valence-corrected chi connectivity index (χ0v) is 19.6. The lowest BCUT2D eigenvalue weighted by Crippen LogP contribution is -2.51. The van der Waals surface area contributed by atoms with Crippen molar-refractivity contribution in [3.8, 4) is 0 Å². The predicted octanol–water partition coefficient (Wildman–Crippen LogP) is 3.42. The lowest BCUT2D eigenvalue weighted by atomic mass is 9.74. The van der Waals surface area contributed by atoms with Crippen molar-refractivity contribution in [3.63, 3.8) is 0 Å². The molecule has 3 heterocycles. The van der Waals surface area contributed by atoms with Crippen LogP contribution in [0.25, 0.3) is 0 Å². The number of pyridine rings is 1. The highest BCUT2D eigenvalue weighted by Gasteiger charge is 2.50. The summed E-state index contributed by atoms with van der Waals surface area (Å²) in [7, 11) is 0. The molecule has 33 heavy (non-hydrogen) atoms. The molecule has 0 aromatic carbocycles. The van der Waals surface area contributed by atoms with E-state index in [1.165, 1.54) is 4.57 Å². The van der Waals surface area contributed by atoms with Gasteiger partial charge in [-0.2, -0.15) is 13.2 Å². The largest absolute Gasteiger partial charge is 0.416 e. The van der Waals surface area contributed by atoms with Crippen LogP contribution in [0.2, 0.25) is 0 Å². The van der Waals surface area contributed by atoms with Crippen molar-refractivity contribution < 1.29 is 22.7 Å². The van der Waals surface area contributed by atoms with E-state index in [1.54, 1.807) is 4.90 Å². The van der Waals surface area contributed by atoms with Gasteiger partial charge in [0.1, 0.15) is 0 Å². The fourth-order valence-corrected chi connectivity index (χ4v) is 5.80. The van der Waals surface area contributed by atoms with Gasteiger partial charge in [0.2, 0.25) is 5.91 Å². The fourth-order valence-electron chi connectivity index (χ4n) is 5.80. The molecule has 0 spiro atoms. The van der Waals surface area contributed by atoms with Crippen LogP contribution in [0.5, 0.6) is 0 Å². The van der Waals surface area contributed by atoms with Gasteiger partial charge < -0.3 is 19.5 Å². The Morgan fingerprint density at radius 1 is 1.24 bits per heavy atom. The van der Waals surface area contributed by atoms with Crippen LogP contribution in [0.1, 0.15) is 57.7 Å². The molecule has 1 aromatic rings. The molecular formula is C24H34F3N3O3. The zero-order valence-electron chi connectivity index (χ0n) is 19.6. The van der Waals surface area contributed by atoms with Gasteiger partial charge in [0.15, 0.2) is 0 Å². The lowest BCUT2D eigenvalue weighted by Gasteiger charge is -2.40. The van der Waals surface area contributed by atoms with Gasteiger partial charge in [0.05, 0.1) is 24.1 Å². The minimum absolute atomic E-state index is 0.00191. The van der Waals surface area contributed by atoms with Crippen LogP contribution in [0.3, 0.4) is 0 Å². The molecule has 3 aliphatic rings. The minimum atomic E-state index is -4.59. The summed E-state index contributed by atoms with van der Waals surface area (Å²) in [5.74, 6) is 0.524. The third-order valence-electron chi connectivity index (χ3n) is 7.95. The Kier molecular flexibility index (Phi) is 6.66. The van der Waals surface area contributed by atoms with Crippen molar-refractivity contribution in [2.24, 2.45) is 17.3 Å². The van der Waals surface area contributed by atoms with Gasteiger partial charge in [-0.25, -0.2) is 0 Å². The molecule has 2 fully saturated rings. The van der Waals surface area contributed by atoms with E-state index in [2.05, 4.69) is 26.1 Å². The molecule has 4 rings (SSSR count). The number of hydrogen-bond donors (Lipinski definition) is 1. The maximum absolute atomic E-state index is 13.8. The molecule has 0 bridgehead atoms. The normalized spacial score (nSPS) is 30.5. The third kappa shape index (κ3) is 4.71. The number of ether oxygens (including phenoxy) is 1. The summed E-state index contributed by atoms with van der Waals surface area (Å²) < 4.78 is 46.6. The second kappa shape index (κ2) is 9.06. The molecule has 9 heteroatoms. The standard InChI is InChI=1S/C24H34F3N3O3/c1-15(2)23(6-4-18(12-23)28-20-5-9-33-14-16(20)3)22(32)29-7-8-30-19(13-29)10-17(11-21(30)31)24(25,26)27/h10-11,15-16,18,20,28H,4-9,12-14H2,1-3H3. The second-order valence-electron chi connectivity index (χ2n) is 10.3. The molecule has 6 nitrogen and oxygen atoms in total. The van der Waals surface area contributed by atoms with E-state index in [0.717, 1.165) is 45.0 Å². The molecule has 4 unspecified atom stereocenters. The molecule has 1 saturated carbocycles. The number of amides is 1. The van der Waals surface area contributed by atoms with E-state index < -0.39 is 22.7 Å². The molecular weight excluding hydrogens is 435 g/mol. The van der Waals surface area contributed by atoms with Crippen molar-refractivity contribution in [1.29, 1.82) is 0 Å². The number of hydrogen-bond acceptors (Lipinski definition) is 4. The van der Waals surface area contributed by atoms with Crippen molar-refractivity contribution in [1.82, 2.24) is 14.8 Å². The predicted molar refractivity (Wildman–Crippen MR) is 118 cm³/mol. The maximum Gasteiger partial charge on any atom is 0.416 e. The zero-order chi connectivity index (χ0) is 24.0. The van der Waals surface area contributed by atoms with Crippen LogP contribution in [0.4, 0.5) is 13.2 Å². The van der Waals surface area contributed by atoms with Crippen LogP contribution in [-0.2, 0) is 28.8 Å². The van der Waals surface area contributed by atoms with Gasteiger partial charge in [0, 0.05) is 43.5 Å². The molecule has 1 saturated heterocycles. The highest BCUT2D eigenvalue weighted by Crippen LogP contribution is 2.46. The summed E-state index contributed by atoms with van der Waals surface area (Å²) in [5, 5.41) is 3.76. The van der Waals surface area contributed by atoms with Gasteiger partial charge in [-0.15, -0.1) is 0 Å². The smallest absolute Gasteiger partial charge is 0.381 e. The Morgan fingerprint density at radius 3 is 2.67 bits per heavy atom. The van der Waals surface area contributed by atoms with E-state index in [0.29, 0.717) is 24.6 Å². The van der Waals surface area contributed by atoms with Crippen LogP contribution >= 0.6 is 0 Å². The summed E-state index contributed by atoms with van der Waals surface area (Å²) >= 11 is 0. The Labute approximate surface area is 192 Å². The van der Waals surface area contributed by atoms with Gasteiger partial charge in [-0.1, -0.05) is 20.8 Å². The van der Waals surface area contributed by atoms with E-state index in [1.807, 2.05) is 0 Å². The lowest BCUT2D eigenvalue weighted by molar-refractivity contribution is -0.146. The van der Waals surface area contributed by atoms with E-state index in [9.17, 15) is 22.8 Å². The number of alkyl halides is 3. The first-order chi connectivity index (χ1) is 15.5. The number of fused-ring (bicyclic) bond motifs is 1. The molecule has 1 aromatic heterocycles. The van der Waals surface area contributed by atoms with Crippen molar-refractivity contribution in [3.05, 3.63) is 33.7 Å². The van der Waals surface area contributed by atoms with Gasteiger partial charge >= 0.3 is 6.18 Å². The first-order valence-electron chi connectivity index (χ1n) is 12.0. The van der Waals surface area contributed by atoms with E-state index in [-0.39, 0.29) is 36.7 Å². The summed E-state index contributed by atoms with van der Waals surface area (Å²) in [6.45, 7) is 8.36. The summed E-state index contributed by atoms with van der Waals surface area (Å²) in [5.41, 5.74) is -1.92. The van der Waals surface area contributed by atoms with Crippen molar-refractivity contribution in [2.75, 3.05) is 19.8 Å². The first kappa shape index (κ1) is 24.3. The Balaban J connectivity index is 1.51. The van der Waals surface area contributed by atoms with Crippen molar-refractivity contribution in [2.45, 2.75) is 77.8 Å². The van der Waals surface area contributed by atoms with Crippen LogP contribution in [-0.4, -0.2) is 47.2 Å². The summed E-state index contributed by atoms with van der Waals surface area (Å²) in [6.07, 6.45) is -1.26. The van der Waals surface area contributed by atoms with Crippen LogP contribution < -0.4 is 10.9 Å². The molecule has 0 radical (unpaired) electrons. The highest BCUT2D eigenvalue weighted by molar-refractivity contribution is 5.83. The average Bonchev–Trinajstić information content (AvgIpc) is 3.19. The highest BCUT2D eigenvalue weighted by atomic mass is 19.4. The number of halogens is 3. The topological polar surface area (TPSA) is 63.6 Å². The molecule has 1 N–H and O–H groups in total. The minimum Gasteiger partial charge on any atom is -0.381 e. The Morgan fingerprint density at radius 2 is 2.00 bits per heavy atom. The molecule has 184 valence electrons. The van der Waals surface area contributed by atoms with Gasteiger partial charge in [-0.05, 0) is 43.6 Å². The molecule has 2 aliphatic heterocycles. The average molecular weight is 470 g/mol. The number of carbonyl (C=O) groups excluding carboxylic acids is 1. The third-order valence-corrected chi connectivity index (χ3v) is 7.95. The number of carbonyl (C=O) groups is 1. The molecule has 1 amide bonds. The van der Waals surface area contributed by atoms with Gasteiger partial charge in [0.25, 0.3) is 5.56 Å². The summed E-state index contributed by atoms with van der Waals surface area (Å²) in [4.78, 5) is 27.7. The van der Waals surface area contributed by atoms with E-state index in [4.69, 9.17) is 4.74 Å². The fraction of sp³-hybridized carbons (Fsp3) is 0.750. The SMILES string of the molecule is CC1COCCC1NC1CCC(C(=O)N2CCn3c(cc(C(F)(F)F)cc3=O)C2)(C(C)C)C1. The number of nitrogens with one attached hydrogen (secondary N) is 1.